The molecule has 0 atom stereocenters. The molecule has 0 unspecified atom stereocenters. The Hall–Kier alpha value is -2.39. The smallest absolute Gasteiger partial charge is 0.273 e. The summed E-state index contributed by atoms with van der Waals surface area (Å²) in [5, 5.41) is 20.1. The summed E-state index contributed by atoms with van der Waals surface area (Å²) in [6.45, 7) is 1.69. The fraction of sp³-hybridized carbons (Fsp3) is 0.133. The van der Waals surface area contributed by atoms with Crippen molar-refractivity contribution in [1.82, 2.24) is 0 Å². The predicted molar refractivity (Wildman–Crippen MR) is 84.8 cm³/mol. The molecule has 6 heteroatoms. The number of nitro benzene ring substituents is 1. The van der Waals surface area contributed by atoms with E-state index < -0.39 is 4.92 Å². The highest BCUT2D eigenvalue weighted by Gasteiger charge is 2.18. The Morgan fingerprint density at radius 1 is 1.29 bits per heavy atom. The summed E-state index contributed by atoms with van der Waals surface area (Å²) in [4.78, 5) is 12.4. The minimum absolute atomic E-state index is 0.0626. The number of rotatable bonds is 3. The first-order chi connectivity index (χ1) is 9.95. The van der Waals surface area contributed by atoms with Crippen LogP contribution in [0.1, 0.15) is 11.1 Å². The van der Waals surface area contributed by atoms with Gasteiger partial charge in [0.25, 0.3) is 5.69 Å². The van der Waals surface area contributed by atoms with Crippen molar-refractivity contribution < 1.29 is 4.92 Å². The zero-order valence-electron chi connectivity index (χ0n) is 11.5. The number of halogens is 1. The second-order valence-electron chi connectivity index (χ2n) is 4.54. The van der Waals surface area contributed by atoms with Crippen molar-refractivity contribution >= 4 is 33.0 Å². The Bertz CT molecular complexity index is 753. The molecule has 0 radical (unpaired) electrons. The lowest BCUT2D eigenvalue weighted by molar-refractivity contribution is -0.385. The van der Waals surface area contributed by atoms with Crippen LogP contribution in [0.25, 0.3) is 0 Å². The molecule has 0 saturated carbocycles. The van der Waals surface area contributed by atoms with E-state index in [0.717, 1.165) is 11.4 Å². The van der Waals surface area contributed by atoms with E-state index in [1.165, 1.54) is 6.07 Å². The highest BCUT2D eigenvalue weighted by atomic mass is 79.9. The SMILES string of the molecule is Cc1cc(N(C)c2ccccc2C#N)c(Br)cc1[N+](=O)[O-]. The third-order valence-electron chi connectivity index (χ3n) is 3.21. The van der Waals surface area contributed by atoms with E-state index in [9.17, 15) is 15.4 Å². The molecule has 0 aliphatic rings. The van der Waals surface area contributed by atoms with E-state index in [1.807, 2.05) is 24.1 Å². The van der Waals surface area contributed by atoms with Gasteiger partial charge in [0.2, 0.25) is 0 Å². The predicted octanol–water partition coefficient (Wildman–Crippen LogP) is 4.31. The number of hydrogen-bond donors (Lipinski definition) is 0. The largest absolute Gasteiger partial charge is 0.343 e. The Kier molecular flexibility index (Phi) is 4.24. The minimum atomic E-state index is -0.410. The number of benzene rings is 2. The summed E-state index contributed by atoms with van der Waals surface area (Å²) < 4.78 is 0.607. The third-order valence-corrected chi connectivity index (χ3v) is 3.84. The topological polar surface area (TPSA) is 70.2 Å². The van der Waals surface area contributed by atoms with Gasteiger partial charge in [0.05, 0.1) is 21.9 Å². The van der Waals surface area contributed by atoms with E-state index in [2.05, 4.69) is 22.0 Å². The molecular weight excluding hydrogens is 334 g/mol. The van der Waals surface area contributed by atoms with Crippen LogP contribution in [0.3, 0.4) is 0 Å². The molecule has 0 heterocycles. The normalized spacial score (nSPS) is 10.0. The average molecular weight is 346 g/mol. The van der Waals surface area contributed by atoms with E-state index in [4.69, 9.17) is 0 Å². The molecule has 2 aromatic carbocycles. The number of nitriles is 1. The van der Waals surface area contributed by atoms with Gasteiger partial charge in [-0.15, -0.1) is 0 Å². The zero-order valence-corrected chi connectivity index (χ0v) is 13.1. The molecule has 0 saturated heterocycles. The van der Waals surface area contributed by atoms with E-state index >= 15 is 0 Å². The van der Waals surface area contributed by atoms with Gasteiger partial charge in [0.1, 0.15) is 6.07 Å². The number of hydrogen-bond acceptors (Lipinski definition) is 4. The van der Waals surface area contributed by atoms with Gasteiger partial charge in [0.15, 0.2) is 0 Å². The van der Waals surface area contributed by atoms with Crippen LogP contribution in [0, 0.1) is 28.4 Å². The van der Waals surface area contributed by atoms with Crippen LogP contribution in [0.2, 0.25) is 0 Å². The van der Waals surface area contributed by atoms with Gasteiger partial charge >= 0.3 is 0 Å². The van der Waals surface area contributed by atoms with Gasteiger partial charge in [-0.05, 0) is 41.1 Å². The number of para-hydroxylation sites is 1. The van der Waals surface area contributed by atoms with Gasteiger partial charge in [0, 0.05) is 23.2 Å². The Morgan fingerprint density at radius 3 is 2.57 bits per heavy atom. The van der Waals surface area contributed by atoms with Crippen molar-refractivity contribution in [2.45, 2.75) is 6.92 Å². The standard InChI is InChI=1S/C15H12BrN3O2/c1-10-7-15(12(16)8-14(10)19(20)21)18(2)13-6-4-3-5-11(13)9-17/h3-8H,1-2H3. The molecule has 0 fully saturated rings. The first kappa shape index (κ1) is 15.0. The molecule has 0 aliphatic carbocycles. The van der Waals surface area contributed by atoms with E-state index in [-0.39, 0.29) is 5.69 Å². The summed E-state index contributed by atoms with van der Waals surface area (Å²) in [6.07, 6.45) is 0. The van der Waals surface area contributed by atoms with Gasteiger partial charge in [-0.1, -0.05) is 12.1 Å². The quantitative estimate of drug-likeness (QED) is 0.613. The van der Waals surface area contributed by atoms with Gasteiger partial charge < -0.3 is 4.90 Å². The van der Waals surface area contributed by atoms with Crippen LogP contribution >= 0.6 is 15.9 Å². The Balaban J connectivity index is 2.54. The highest BCUT2D eigenvalue weighted by Crippen LogP contribution is 2.36. The van der Waals surface area contributed by atoms with Crippen LogP contribution in [-0.2, 0) is 0 Å². The van der Waals surface area contributed by atoms with Crippen LogP contribution in [0.4, 0.5) is 17.1 Å². The maximum atomic E-state index is 11.0. The number of nitrogens with zero attached hydrogens (tertiary/aromatic N) is 3. The zero-order chi connectivity index (χ0) is 15.6. The fourth-order valence-corrected chi connectivity index (χ4v) is 2.70. The van der Waals surface area contributed by atoms with Crippen molar-refractivity contribution in [3.05, 3.63) is 62.1 Å². The molecule has 0 bridgehead atoms. The van der Waals surface area contributed by atoms with E-state index in [1.54, 1.807) is 25.1 Å². The molecule has 0 spiro atoms. The third kappa shape index (κ3) is 2.88. The number of aryl methyl sites for hydroxylation is 1. The molecule has 106 valence electrons. The summed E-state index contributed by atoms with van der Waals surface area (Å²) >= 11 is 3.36. The van der Waals surface area contributed by atoms with Crippen molar-refractivity contribution in [3.63, 3.8) is 0 Å². The molecule has 2 aromatic rings. The molecule has 0 N–H and O–H groups in total. The molecule has 2 rings (SSSR count). The lowest BCUT2D eigenvalue weighted by atomic mass is 10.1. The van der Waals surface area contributed by atoms with Gasteiger partial charge in [-0.3, -0.25) is 10.1 Å². The van der Waals surface area contributed by atoms with Gasteiger partial charge in [-0.2, -0.15) is 5.26 Å². The summed E-state index contributed by atoms with van der Waals surface area (Å²) in [5.41, 5.74) is 2.68. The maximum Gasteiger partial charge on any atom is 0.273 e. The van der Waals surface area contributed by atoms with Crippen molar-refractivity contribution in [3.8, 4) is 6.07 Å². The van der Waals surface area contributed by atoms with Crippen molar-refractivity contribution in [2.24, 2.45) is 0 Å². The number of anilines is 2. The van der Waals surface area contributed by atoms with Crippen LogP contribution in [0.5, 0.6) is 0 Å². The molecule has 5 nitrogen and oxygen atoms in total. The second kappa shape index (κ2) is 5.94. The highest BCUT2D eigenvalue weighted by molar-refractivity contribution is 9.10. The lowest BCUT2D eigenvalue weighted by Crippen LogP contribution is -2.12. The molecule has 21 heavy (non-hydrogen) atoms. The van der Waals surface area contributed by atoms with Crippen molar-refractivity contribution in [1.29, 1.82) is 5.26 Å². The van der Waals surface area contributed by atoms with Crippen LogP contribution < -0.4 is 4.90 Å². The Labute approximate surface area is 130 Å². The minimum Gasteiger partial charge on any atom is -0.343 e. The van der Waals surface area contributed by atoms with Crippen LogP contribution in [0.15, 0.2) is 40.9 Å². The maximum absolute atomic E-state index is 11.0. The molecule has 0 amide bonds. The van der Waals surface area contributed by atoms with Gasteiger partial charge in [-0.25, -0.2) is 0 Å². The lowest BCUT2D eigenvalue weighted by Gasteiger charge is -2.22. The summed E-state index contributed by atoms with van der Waals surface area (Å²) in [6, 6.07) is 12.6. The first-order valence-corrected chi connectivity index (χ1v) is 6.92. The average Bonchev–Trinajstić information content (AvgIpc) is 2.48. The fourth-order valence-electron chi connectivity index (χ4n) is 2.10. The molecule has 0 aliphatic heterocycles. The summed E-state index contributed by atoms with van der Waals surface area (Å²) in [7, 11) is 1.82. The molecular formula is C15H12BrN3O2. The summed E-state index contributed by atoms with van der Waals surface area (Å²) in [5.74, 6) is 0. The number of nitro groups is 1. The molecule has 0 aromatic heterocycles. The first-order valence-electron chi connectivity index (χ1n) is 6.13. The Morgan fingerprint density at radius 2 is 1.95 bits per heavy atom. The van der Waals surface area contributed by atoms with Crippen LogP contribution in [-0.4, -0.2) is 12.0 Å². The van der Waals surface area contributed by atoms with E-state index in [0.29, 0.717) is 15.6 Å². The monoisotopic (exact) mass is 345 g/mol. The second-order valence-corrected chi connectivity index (χ2v) is 5.39. The van der Waals surface area contributed by atoms with Crippen molar-refractivity contribution in [2.75, 3.05) is 11.9 Å².